The molecule has 1 amide bonds. The molecule has 1 aliphatic carbocycles. The molecule has 5 heteroatoms. The molecule has 25 heavy (non-hydrogen) atoms. The molecule has 1 aromatic carbocycles. The predicted molar refractivity (Wildman–Crippen MR) is 102 cm³/mol. The number of hydrogen-bond acceptors (Lipinski definition) is 4. The number of nitrogens with zero attached hydrogens (tertiary/aromatic N) is 1. The molecule has 3 unspecified atom stereocenters. The number of rotatable bonds is 5. The van der Waals surface area contributed by atoms with Crippen molar-refractivity contribution in [3.63, 3.8) is 0 Å². The van der Waals surface area contributed by atoms with E-state index in [2.05, 4.69) is 41.5 Å². The van der Waals surface area contributed by atoms with Gasteiger partial charge in [-0.3, -0.25) is 4.79 Å². The predicted octanol–water partition coefficient (Wildman–Crippen LogP) is 2.88. The Morgan fingerprint density at radius 1 is 1.16 bits per heavy atom. The molecule has 2 fully saturated rings. The average Bonchev–Trinajstić information content (AvgIpc) is 2.64. The van der Waals surface area contributed by atoms with Gasteiger partial charge in [-0.15, -0.1) is 0 Å². The minimum absolute atomic E-state index is 0.0320. The number of nitrogens with one attached hydrogen (secondary N) is 2. The summed E-state index contributed by atoms with van der Waals surface area (Å²) >= 11 is 0. The highest BCUT2D eigenvalue weighted by Gasteiger charge is 2.26. The van der Waals surface area contributed by atoms with E-state index in [-0.39, 0.29) is 5.91 Å². The highest BCUT2D eigenvalue weighted by Crippen LogP contribution is 2.29. The fourth-order valence-corrected chi connectivity index (χ4v) is 3.88. The van der Waals surface area contributed by atoms with Crippen molar-refractivity contribution < 1.29 is 9.53 Å². The molecular weight excluding hydrogens is 314 g/mol. The second-order valence-corrected chi connectivity index (χ2v) is 7.45. The van der Waals surface area contributed by atoms with Crippen molar-refractivity contribution in [2.24, 2.45) is 11.8 Å². The fourth-order valence-electron chi connectivity index (χ4n) is 3.88. The van der Waals surface area contributed by atoms with Crippen LogP contribution in [-0.2, 0) is 9.53 Å². The summed E-state index contributed by atoms with van der Waals surface area (Å²) in [5.74, 6) is 1.40. The van der Waals surface area contributed by atoms with Crippen LogP contribution in [0.25, 0.3) is 0 Å². The number of ether oxygens (including phenoxy) is 1. The lowest BCUT2D eigenvalue weighted by atomic mass is 9.78. The van der Waals surface area contributed by atoms with Crippen molar-refractivity contribution in [3.8, 4) is 0 Å². The van der Waals surface area contributed by atoms with Crippen molar-refractivity contribution in [2.45, 2.75) is 39.2 Å². The van der Waals surface area contributed by atoms with Gasteiger partial charge in [-0.25, -0.2) is 0 Å². The van der Waals surface area contributed by atoms with E-state index in [1.807, 2.05) is 12.1 Å². The molecule has 0 aromatic heterocycles. The highest BCUT2D eigenvalue weighted by atomic mass is 16.5. The summed E-state index contributed by atoms with van der Waals surface area (Å²) in [6.45, 7) is 8.40. The first-order chi connectivity index (χ1) is 12.1. The molecule has 1 aliphatic heterocycles. The van der Waals surface area contributed by atoms with E-state index >= 15 is 0 Å². The zero-order chi connectivity index (χ0) is 17.6. The SMILES string of the molecule is CC1CCCC(NCC(=O)Nc2ccc(N3CCOCC3)cc2)C1C. The van der Waals surface area contributed by atoms with E-state index in [1.54, 1.807) is 0 Å². The van der Waals surface area contributed by atoms with Crippen LogP contribution in [0.3, 0.4) is 0 Å². The Labute approximate surface area is 151 Å². The quantitative estimate of drug-likeness (QED) is 0.862. The molecule has 0 bridgehead atoms. The highest BCUT2D eigenvalue weighted by molar-refractivity contribution is 5.92. The fraction of sp³-hybridized carbons (Fsp3) is 0.650. The number of carbonyl (C=O) groups is 1. The maximum Gasteiger partial charge on any atom is 0.238 e. The number of hydrogen-bond donors (Lipinski definition) is 2. The topological polar surface area (TPSA) is 53.6 Å². The molecule has 2 N–H and O–H groups in total. The summed E-state index contributed by atoms with van der Waals surface area (Å²) in [6, 6.07) is 8.55. The van der Waals surface area contributed by atoms with Crippen LogP contribution in [0.5, 0.6) is 0 Å². The number of amides is 1. The van der Waals surface area contributed by atoms with Crippen molar-refractivity contribution in [1.82, 2.24) is 5.32 Å². The van der Waals surface area contributed by atoms with E-state index in [4.69, 9.17) is 4.74 Å². The van der Waals surface area contributed by atoms with Gasteiger partial charge in [0, 0.05) is 30.5 Å². The van der Waals surface area contributed by atoms with Gasteiger partial charge >= 0.3 is 0 Å². The van der Waals surface area contributed by atoms with Gasteiger partial charge in [0.2, 0.25) is 5.91 Å². The minimum Gasteiger partial charge on any atom is -0.378 e. The van der Waals surface area contributed by atoms with Crippen LogP contribution in [0.4, 0.5) is 11.4 Å². The Kier molecular flexibility index (Phi) is 6.32. The first-order valence-corrected chi connectivity index (χ1v) is 9.59. The zero-order valence-electron chi connectivity index (χ0n) is 15.5. The van der Waals surface area contributed by atoms with Crippen molar-refractivity contribution in [1.29, 1.82) is 0 Å². The summed E-state index contributed by atoms with van der Waals surface area (Å²) in [7, 11) is 0. The van der Waals surface area contributed by atoms with Crippen LogP contribution >= 0.6 is 0 Å². The first kappa shape index (κ1) is 18.2. The number of morpholine rings is 1. The Morgan fingerprint density at radius 3 is 2.60 bits per heavy atom. The zero-order valence-corrected chi connectivity index (χ0v) is 15.5. The molecule has 0 radical (unpaired) electrons. The van der Waals surface area contributed by atoms with Crippen molar-refractivity contribution in [2.75, 3.05) is 43.1 Å². The molecule has 2 aliphatic rings. The second-order valence-electron chi connectivity index (χ2n) is 7.45. The van der Waals surface area contributed by atoms with Crippen LogP contribution in [0.2, 0.25) is 0 Å². The molecule has 5 nitrogen and oxygen atoms in total. The standard InChI is InChI=1S/C20H31N3O2/c1-15-4-3-5-19(16(15)2)21-14-20(24)22-17-6-8-18(9-7-17)23-10-12-25-13-11-23/h6-9,15-16,19,21H,3-5,10-14H2,1-2H3,(H,22,24). The molecular formula is C20H31N3O2. The van der Waals surface area contributed by atoms with Crippen LogP contribution in [0.1, 0.15) is 33.1 Å². The Morgan fingerprint density at radius 2 is 1.88 bits per heavy atom. The van der Waals surface area contributed by atoms with E-state index in [0.29, 0.717) is 18.5 Å². The lowest BCUT2D eigenvalue weighted by molar-refractivity contribution is -0.115. The van der Waals surface area contributed by atoms with Gasteiger partial charge in [0.15, 0.2) is 0 Å². The largest absolute Gasteiger partial charge is 0.378 e. The van der Waals surface area contributed by atoms with Gasteiger partial charge in [-0.1, -0.05) is 26.7 Å². The third-order valence-corrected chi connectivity index (χ3v) is 5.76. The Balaban J connectivity index is 1.46. The normalized spacial score (nSPS) is 27.1. The van der Waals surface area contributed by atoms with Gasteiger partial charge in [-0.2, -0.15) is 0 Å². The van der Waals surface area contributed by atoms with Crippen molar-refractivity contribution in [3.05, 3.63) is 24.3 Å². The average molecular weight is 345 g/mol. The molecule has 3 atom stereocenters. The molecule has 0 spiro atoms. The summed E-state index contributed by atoms with van der Waals surface area (Å²) in [4.78, 5) is 14.5. The molecule has 1 heterocycles. The minimum atomic E-state index is 0.0320. The maximum atomic E-state index is 12.2. The molecule has 138 valence electrons. The lowest BCUT2D eigenvalue weighted by Gasteiger charge is -2.34. The number of anilines is 2. The van der Waals surface area contributed by atoms with Gasteiger partial charge in [0.1, 0.15) is 0 Å². The van der Waals surface area contributed by atoms with Crippen LogP contribution in [-0.4, -0.2) is 44.8 Å². The van der Waals surface area contributed by atoms with Crippen molar-refractivity contribution >= 4 is 17.3 Å². The summed E-state index contributed by atoms with van der Waals surface area (Å²) in [5, 5.41) is 6.44. The van der Waals surface area contributed by atoms with E-state index < -0.39 is 0 Å². The van der Waals surface area contributed by atoms with E-state index in [9.17, 15) is 4.79 Å². The molecule has 1 aromatic rings. The lowest BCUT2D eigenvalue weighted by Crippen LogP contribution is -2.43. The Bertz CT molecular complexity index is 555. The van der Waals surface area contributed by atoms with E-state index in [0.717, 1.165) is 37.9 Å². The molecule has 3 rings (SSSR count). The van der Waals surface area contributed by atoms with Gasteiger partial charge in [-0.05, 0) is 42.5 Å². The number of carbonyl (C=O) groups excluding carboxylic acids is 1. The van der Waals surface area contributed by atoms with Gasteiger partial charge in [0.05, 0.1) is 19.8 Å². The summed E-state index contributed by atoms with van der Waals surface area (Å²) in [6.07, 6.45) is 3.74. The van der Waals surface area contributed by atoms with Crippen LogP contribution in [0.15, 0.2) is 24.3 Å². The first-order valence-electron chi connectivity index (χ1n) is 9.59. The van der Waals surface area contributed by atoms with E-state index in [1.165, 1.54) is 24.9 Å². The maximum absolute atomic E-state index is 12.2. The van der Waals surface area contributed by atoms with Crippen LogP contribution < -0.4 is 15.5 Å². The second kappa shape index (κ2) is 8.68. The number of benzene rings is 1. The third-order valence-electron chi connectivity index (χ3n) is 5.76. The molecule has 1 saturated heterocycles. The van der Waals surface area contributed by atoms with Gasteiger partial charge < -0.3 is 20.3 Å². The third kappa shape index (κ3) is 4.95. The Hall–Kier alpha value is -1.59. The van der Waals surface area contributed by atoms with Gasteiger partial charge in [0.25, 0.3) is 0 Å². The smallest absolute Gasteiger partial charge is 0.238 e. The summed E-state index contributed by atoms with van der Waals surface area (Å²) < 4.78 is 5.38. The monoisotopic (exact) mass is 345 g/mol. The van der Waals surface area contributed by atoms with Crippen LogP contribution in [0, 0.1) is 11.8 Å². The summed E-state index contributed by atoms with van der Waals surface area (Å²) in [5.41, 5.74) is 2.04. The molecule has 1 saturated carbocycles.